The molecule has 0 spiro atoms. The molecule has 108 valence electrons. The van der Waals surface area contributed by atoms with Gasteiger partial charge in [0.25, 0.3) is 0 Å². The van der Waals surface area contributed by atoms with Gasteiger partial charge in [-0.25, -0.2) is 8.61 Å². The first-order chi connectivity index (χ1) is 9.10. The smallest absolute Gasteiger partial charge is 0.244 e. The second-order valence-corrected chi connectivity index (χ2v) is 7.34. The van der Waals surface area contributed by atoms with E-state index in [-0.39, 0.29) is 5.91 Å². The number of hydrogen-bond acceptors (Lipinski definition) is 5. The predicted octanol–water partition coefficient (Wildman–Crippen LogP) is 1.74. The molecule has 19 heavy (non-hydrogen) atoms. The molecule has 2 N–H and O–H groups in total. The number of amides is 1. The van der Waals surface area contributed by atoms with Crippen molar-refractivity contribution in [1.29, 1.82) is 0 Å². The molecule has 0 bridgehead atoms. The molecule has 0 aromatic rings. The highest BCUT2D eigenvalue weighted by atomic mass is 32.2. The van der Waals surface area contributed by atoms with Crippen molar-refractivity contribution in [3.05, 3.63) is 11.6 Å². The Labute approximate surface area is 124 Å². The van der Waals surface area contributed by atoms with Crippen molar-refractivity contribution in [1.82, 2.24) is 8.61 Å². The Morgan fingerprint density at radius 1 is 1.32 bits per heavy atom. The first-order valence-corrected chi connectivity index (χ1v) is 8.83. The van der Waals surface area contributed by atoms with Crippen LogP contribution in [0.5, 0.6) is 0 Å². The lowest BCUT2D eigenvalue weighted by Gasteiger charge is -2.36. The quantitative estimate of drug-likeness (QED) is 0.802. The molecular weight excluding hydrogens is 278 g/mol. The largest absolute Gasteiger partial charge is 0.366 e. The molecule has 0 aromatic carbocycles. The maximum absolute atomic E-state index is 11.3. The van der Waals surface area contributed by atoms with E-state index in [0.717, 1.165) is 44.6 Å². The minimum Gasteiger partial charge on any atom is -0.366 e. The number of carbonyl (C=O) groups excluding carboxylic acids is 1. The molecule has 1 fully saturated rings. The van der Waals surface area contributed by atoms with Gasteiger partial charge in [-0.05, 0) is 25.0 Å². The number of carbonyl (C=O) groups is 1. The van der Waals surface area contributed by atoms with Crippen LogP contribution in [0.2, 0.25) is 0 Å². The van der Waals surface area contributed by atoms with Crippen molar-refractivity contribution in [2.45, 2.75) is 25.0 Å². The lowest BCUT2D eigenvalue weighted by molar-refractivity contribution is -0.114. The third kappa shape index (κ3) is 4.15. The zero-order valence-corrected chi connectivity index (χ0v) is 13.3. The molecule has 0 radical (unpaired) electrons. The predicted molar refractivity (Wildman–Crippen MR) is 83.7 cm³/mol. The van der Waals surface area contributed by atoms with Gasteiger partial charge in [-0.15, -0.1) is 0 Å². The lowest BCUT2D eigenvalue weighted by atomic mass is 9.90. The van der Waals surface area contributed by atoms with E-state index < -0.39 is 0 Å². The second-order valence-electron chi connectivity index (χ2n) is 5.18. The van der Waals surface area contributed by atoms with Crippen LogP contribution in [0.1, 0.15) is 19.8 Å². The summed E-state index contributed by atoms with van der Waals surface area (Å²) in [6.45, 7) is 6.68. The molecule has 0 saturated carbocycles. The molecule has 4 nitrogen and oxygen atoms in total. The maximum Gasteiger partial charge on any atom is 0.244 e. The van der Waals surface area contributed by atoms with Crippen molar-refractivity contribution in [3.8, 4) is 0 Å². The van der Waals surface area contributed by atoms with E-state index in [2.05, 4.69) is 27.9 Å². The summed E-state index contributed by atoms with van der Waals surface area (Å²) in [5.74, 6) is 0.372. The third-order valence-corrected chi connectivity index (χ3v) is 6.23. The van der Waals surface area contributed by atoms with E-state index in [9.17, 15) is 4.79 Å². The van der Waals surface area contributed by atoms with Crippen LogP contribution in [0.15, 0.2) is 11.6 Å². The normalized spacial score (nSPS) is 30.1. The van der Waals surface area contributed by atoms with Gasteiger partial charge in [-0.3, -0.25) is 4.79 Å². The summed E-state index contributed by atoms with van der Waals surface area (Å²) in [7, 11) is 0. The Morgan fingerprint density at radius 2 is 1.95 bits per heavy atom. The monoisotopic (exact) mass is 301 g/mol. The van der Waals surface area contributed by atoms with E-state index >= 15 is 0 Å². The van der Waals surface area contributed by atoms with E-state index in [0.29, 0.717) is 11.2 Å². The molecule has 1 aliphatic carbocycles. The summed E-state index contributed by atoms with van der Waals surface area (Å²) in [6, 6.07) is 0. The second kappa shape index (κ2) is 7.02. The Morgan fingerprint density at radius 3 is 2.53 bits per heavy atom. The number of nitrogens with zero attached hydrogens (tertiary/aromatic N) is 2. The topological polar surface area (TPSA) is 49.6 Å². The fourth-order valence-corrected chi connectivity index (χ4v) is 4.28. The number of piperazine rings is 1. The zero-order chi connectivity index (χ0) is 13.8. The molecule has 1 aliphatic heterocycles. The van der Waals surface area contributed by atoms with Gasteiger partial charge in [0.05, 0.1) is 0 Å². The Bertz CT molecular complexity index is 354. The number of hydrogen-bond donors (Lipinski definition) is 1. The standard InChI is InChI=1S/C13H23N3OS2/c1-10-3-4-11(13(14)17)9-12(10)19-16-7-5-15(18-2)6-8-16/h9-10,12H,3-8H2,1-2H3,(H2,14,17). The van der Waals surface area contributed by atoms with Crippen LogP contribution < -0.4 is 5.73 Å². The highest BCUT2D eigenvalue weighted by Gasteiger charge is 2.27. The van der Waals surface area contributed by atoms with E-state index in [1.807, 2.05) is 23.9 Å². The average molecular weight is 301 g/mol. The van der Waals surface area contributed by atoms with Gasteiger partial charge in [0, 0.05) is 37.0 Å². The van der Waals surface area contributed by atoms with Crippen molar-refractivity contribution in [2.75, 3.05) is 32.4 Å². The first kappa shape index (κ1) is 15.2. The van der Waals surface area contributed by atoms with Crippen molar-refractivity contribution in [3.63, 3.8) is 0 Å². The van der Waals surface area contributed by atoms with Gasteiger partial charge in [0.2, 0.25) is 5.91 Å². The molecule has 1 heterocycles. The van der Waals surface area contributed by atoms with Crippen molar-refractivity contribution >= 4 is 29.8 Å². The van der Waals surface area contributed by atoms with Crippen LogP contribution in [0, 0.1) is 5.92 Å². The van der Waals surface area contributed by atoms with E-state index in [1.54, 1.807) is 0 Å². The van der Waals surface area contributed by atoms with Gasteiger partial charge in [0.1, 0.15) is 0 Å². The summed E-state index contributed by atoms with van der Waals surface area (Å²) in [4.78, 5) is 11.3. The number of nitrogens with two attached hydrogens (primary N) is 1. The van der Waals surface area contributed by atoms with Crippen molar-refractivity contribution < 1.29 is 4.79 Å². The summed E-state index contributed by atoms with van der Waals surface area (Å²) >= 11 is 3.72. The SMILES string of the molecule is CSN1CCN(SC2C=C(C(N)=O)CCC2C)CC1. The molecular formula is C13H23N3OS2. The number of primary amides is 1. The van der Waals surface area contributed by atoms with Crippen LogP contribution in [0.4, 0.5) is 0 Å². The van der Waals surface area contributed by atoms with Crippen LogP contribution in [0.3, 0.4) is 0 Å². The lowest BCUT2D eigenvalue weighted by Crippen LogP contribution is -2.41. The van der Waals surface area contributed by atoms with Gasteiger partial charge in [-0.1, -0.05) is 36.9 Å². The fourth-order valence-electron chi connectivity index (χ4n) is 2.46. The van der Waals surface area contributed by atoms with Crippen LogP contribution in [0.25, 0.3) is 0 Å². The summed E-state index contributed by atoms with van der Waals surface area (Å²) in [5, 5.41) is 0.400. The average Bonchev–Trinajstić information content (AvgIpc) is 2.42. The van der Waals surface area contributed by atoms with Crippen molar-refractivity contribution in [2.24, 2.45) is 11.7 Å². The van der Waals surface area contributed by atoms with Crippen LogP contribution in [-0.4, -0.2) is 52.2 Å². The van der Waals surface area contributed by atoms with Gasteiger partial charge >= 0.3 is 0 Å². The van der Waals surface area contributed by atoms with E-state index in [1.165, 1.54) is 0 Å². The third-order valence-electron chi connectivity index (χ3n) is 3.84. The first-order valence-electron chi connectivity index (χ1n) is 6.81. The highest BCUT2D eigenvalue weighted by Crippen LogP contribution is 2.34. The molecule has 0 aromatic heterocycles. The molecule has 2 aliphatic rings. The van der Waals surface area contributed by atoms with Gasteiger partial charge < -0.3 is 5.73 Å². The number of rotatable bonds is 4. The zero-order valence-electron chi connectivity index (χ0n) is 11.7. The molecule has 1 saturated heterocycles. The highest BCUT2D eigenvalue weighted by molar-refractivity contribution is 7.97. The molecule has 2 atom stereocenters. The minimum atomic E-state index is -0.246. The summed E-state index contributed by atoms with van der Waals surface area (Å²) in [5.41, 5.74) is 6.22. The molecule has 6 heteroatoms. The Balaban J connectivity index is 1.90. The Kier molecular flexibility index (Phi) is 5.62. The van der Waals surface area contributed by atoms with Crippen LogP contribution in [-0.2, 0) is 4.79 Å². The Hall–Kier alpha value is -0.170. The summed E-state index contributed by atoms with van der Waals surface area (Å²) in [6.07, 6.45) is 6.14. The molecule has 1 amide bonds. The molecule has 2 rings (SSSR count). The molecule has 2 unspecified atom stereocenters. The maximum atomic E-state index is 11.3. The van der Waals surface area contributed by atoms with Gasteiger partial charge in [0.15, 0.2) is 0 Å². The fraction of sp³-hybridized carbons (Fsp3) is 0.769. The minimum absolute atomic E-state index is 0.246. The van der Waals surface area contributed by atoms with Crippen LogP contribution >= 0.6 is 23.9 Å². The summed E-state index contributed by atoms with van der Waals surface area (Å²) < 4.78 is 4.83. The van der Waals surface area contributed by atoms with E-state index in [4.69, 9.17) is 5.73 Å². The van der Waals surface area contributed by atoms with Gasteiger partial charge in [-0.2, -0.15) is 0 Å².